The first-order chi connectivity index (χ1) is 8.49. The molecule has 0 radical (unpaired) electrons. The minimum Gasteiger partial charge on any atom is -0.338 e. The third-order valence-electron chi connectivity index (χ3n) is 2.95. The summed E-state index contributed by atoms with van der Waals surface area (Å²) in [4.78, 5) is 13.4. The van der Waals surface area contributed by atoms with E-state index in [9.17, 15) is 18.0 Å². The van der Waals surface area contributed by atoms with Crippen LogP contribution in [0.4, 0.5) is 13.2 Å². The van der Waals surface area contributed by atoms with E-state index in [4.69, 9.17) is 0 Å². The molecule has 0 aromatic heterocycles. The molecule has 2 nitrogen and oxygen atoms in total. The summed E-state index contributed by atoms with van der Waals surface area (Å²) < 4.78 is 39.8. The lowest BCUT2D eigenvalue weighted by atomic mass is 10.1. The molecule has 0 aliphatic carbocycles. The molecular weight excluding hydrogens is 358 g/mol. The molecule has 1 aliphatic rings. The number of hydrogen-bond acceptors (Lipinski definition) is 1. The van der Waals surface area contributed by atoms with Gasteiger partial charge in [-0.1, -0.05) is 0 Å². The highest BCUT2D eigenvalue weighted by Gasteiger charge is 2.25. The van der Waals surface area contributed by atoms with E-state index in [1.807, 2.05) is 0 Å². The molecular formula is C12H11F3INO. The molecule has 0 atom stereocenters. The Kier molecular flexibility index (Phi) is 4.14. The lowest BCUT2D eigenvalue weighted by Crippen LogP contribution is -2.39. The van der Waals surface area contributed by atoms with Crippen molar-refractivity contribution in [1.82, 2.24) is 4.90 Å². The number of likely N-dealkylation sites (tertiary alicyclic amines) is 1. The predicted molar refractivity (Wildman–Crippen MR) is 69.1 cm³/mol. The van der Waals surface area contributed by atoms with Crippen LogP contribution in [0.15, 0.2) is 12.1 Å². The van der Waals surface area contributed by atoms with Crippen molar-refractivity contribution < 1.29 is 18.0 Å². The molecule has 1 heterocycles. The molecule has 1 fully saturated rings. The summed E-state index contributed by atoms with van der Waals surface area (Å²) in [7, 11) is 0. The first kappa shape index (κ1) is 13.6. The Hall–Kier alpha value is -0.790. The van der Waals surface area contributed by atoms with Crippen molar-refractivity contribution in [3.63, 3.8) is 0 Å². The SMILES string of the molecule is O=C(c1cc(I)c(F)cc1F)N1CCC(F)CC1. The topological polar surface area (TPSA) is 20.3 Å². The van der Waals surface area contributed by atoms with Crippen LogP contribution in [0.2, 0.25) is 0 Å². The highest BCUT2D eigenvalue weighted by atomic mass is 127. The first-order valence-electron chi connectivity index (χ1n) is 5.57. The van der Waals surface area contributed by atoms with Gasteiger partial charge in [-0.05, 0) is 41.5 Å². The summed E-state index contributed by atoms with van der Waals surface area (Å²) >= 11 is 1.70. The molecule has 98 valence electrons. The maximum atomic E-state index is 13.5. The fourth-order valence-corrected chi connectivity index (χ4v) is 2.37. The fraction of sp³-hybridized carbons (Fsp3) is 0.417. The summed E-state index contributed by atoms with van der Waals surface area (Å²) in [5, 5.41) is 0. The average Bonchev–Trinajstić information content (AvgIpc) is 2.34. The zero-order chi connectivity index (χ0) is 13.3. The number of hydrogen-bond donors (Lipinski definition) is 0. The van der Waals surface area contributed by atoms with E-state index in [0.717, 1.165) is 0 Å². The van der Waals surface area contributed by atoms with Gasteiger partial charge in [0.05, 0.1) is 5.56 Å². The second kappa shape index (κ2) is 5.46. The number of nitrogens with zero attached hydrogens (tertiary/aromatic N) is 1. The van der Waals surface area contributed by atoms with Crippen LogP contribution < -0.4 is 0 Å². The van der Waals surface area contributed by atoms with Gasteiger partial charge < -0.3 is 4.90 Å². The monoisotopic (exact) mass is 369 g/mol. The van der Waals surface area contributed by atoms with Gasteiger partial charge in [0.1, 0.15) is 17.8 Å². The molecule has 1 aromatic carbocycles. The van der Waals surface area contributed by atoms with Crippen LogP contribution in [0.25, 0.3) is 0 Å². The van der Waals surface area contributed by atoms with Gasteiger partial charge in [0.25, 0.3) is 5.91 Å². The Morgan fingerprint density at radius 2 is 1.83 bits per heavy atom. The molecule has 0 spiro atoms. The summed E-state index contributed by atoms with van der Waals surface area (Å²) in [6.45, 7) is 0.542. The second-order valence-electron chi connectivity index (χ2n) is 4.21. The maximum Gasteiger partial charge on any atom is 0.256 e. The van der Waals surface area contributed by atoms with Gasteiger partial charge in [0.15, 0.2) is 0 Å². The van der Waals surface area contributed by atoms with Crippen molar-refractivity contribution in [2.75, 3.05) is 13.1 Å². The summed E-state index contributed by atoms with van der Waals surface area (Å²) in [6, 6.07) is 1.89. The van der Waals surface area contributed by atoms with Gasteiger partial charge in [-0.2, -0.15) is 0 Å². The minimum absolute atomic E-state index is 0.155. The Morgan fingerprint density at radius 1 is 1.22 bits per heavy atom. The van der Waals surface area contributed by atoms with Crippen molar-refractivity contribution in [3.05, 3.63) is 32.9 Å². The molecule has 1 amide bonds. The number of carbonyl (C=O) groups excluding carboxylic acids is 1. The lowest BCUT2D eigenvalue weighted by Gasteiger charge is -2.28. The molecule has 0 N–H and O–H groups in total. The van der Waals surface area contributed by atoms with Crippen LogP contribution in [-0.2, 0) is 0 Å². The smallest absolute Gasteiger partial charge is 0.256 e. The van der Waals surface area contributed by atoms with E-state index in [1.165, 1.54) is 11.0 Å². The number of benzene rings is 1. The molecule has 6 heteroatoms. The van der Waals surface area contributed by atoms with Gasteiger partial charge in [-0.3, -0.25) is 4.79 Å². The molecule has 2 rings (SSSR count). The van der Waals surface area contributed by atoms with Crippen molar-refractivity contribution >= 4 is 28.5 Å². The van der Waals surface area contributed by atoms with Gasteiger partial charge in [0, 0.05) is 22.7 Å². The molecule has 1 aromatic rings. The molecule has 0 saturated carbocycles. The zero-order valence-electron chi connectivity index (χ0n) is 9.43. The maximum absolute atomic E-state index is 13.5. The van der Waals surface area contributed by atoms with Gasteiger partial charge in [-0.15, -0.1) is 0 Å². The van der Waals surface area contributed by atoms with Crippen LogP contribution in [0.3, 0.4) is 0 Å². The fourth-order valence-electron chi connectivity index (χ4n) is 1.91. The van der Waals surface area contributed by atoms with E-state index in [1.54, 1.807) is 22.6 Å². The van der Waals surface area contributed by atoms with E-state index in [2.05, 4.69) is 0 Å². The van der Waals surface area contributed by atoms with Crippen LogP contribution in [0.1, 0.15) is 23.2 Å². The summed E-state index contributed by atoms with van der Waals surface area (Å²) in [5.74, 6) is -2.07. The lowest BCUT2D eigenvalue weighted by molar-refractivity contribution is 0.0662. The molecule has 1 saturated heterocycles. The summed E-state index contributed by atoms with van der Waals surface area (Å²) in [5.41, 5.74) is -0.155. The van der Waals surface area contributed by atoms with Gasteiger partial charge in [-0.25, -0.2) is 13.2 Å². The van der Waals surface area contributed by atoms with Crippen molar-refractivity contribution in [2.45, 2.75) is 19.0 Å². The molecule has 18 heavy (non-hydrogen) atoms. The third-order valence-corrected chi connectivity index (χ3v) is 3.78. The highest BCUT2D eigenvalue weighted by Crippen LogP contribution is 2.21. The highest BCUT2D eigenvalue weighted by molar-refractivity contribution is 14.1. The Bertz CT molecular complexity index is 473. The Labute approximate surface area is 116 Å². The number of halogens is 4. The van der Waals surface area contributed by atoms with E-state index < -0.39 is 23.7 Å². The third kappa shape index (κ3) is 2.78. The number of alkyl halides is 1. The van der Waals surface area contributed by atoms with Gasteiger partial charge >= 0.3 is 0 Å². The van der Waals surface area contributed by atoms with Crippen molar-refractivity contribution in [2.24, 2.45) is 0 Å². The number of rotatable bonds is 1. The van der Waals surface area contributed by atoms with Crippen LogP contribution in [0, 0.1) is 15.2 Å². The quantitative estimate of drug-likeness (QED) is 0.550. The predicted octanol–water partition coefficient (Wildman–Crippen LogP) is 3.14. The summed E-state index contributed by atoms with van der Waals surface area (Å²) in [6.07, 6.45) is -0.357. The Balaban J connectivity index is 2.21. The minimum atomic E-state index is -0.896. The van der Waals surface area contributed by atoms with E-state index >= 15 is 0 Å². The molecule has 0 bridgehead atoms. The second-order valence-corrected chi connectivity index (χ2v) is 5.38. The molecule has 1 aliphatic heterocycles. The van der Waals surface area contributed by atoms with Crippen LogP contribution in [-0.4, -0.2) is 30.1 Å². The van der Waals surface area contributed by atoms with Gasteiger partial charge in [0.2, 0.25) is 0 Å². The van der Waals surface area contributed by atoms with E-state index in [-0.39, 0.29) is 35.1 Å². The molecule has 0 unspecified atom stereocenters. The Morgan fingerprint density at radius 3 is 2.44 bits per heavy atom. The normalized spacial score (nSPS) is 17.0. The van der Waals surface area contributed by atoms with Crippen molar-refractivity contribution in [1.29, 1.82) is 0 Å². The number of amides is 1. The number of carbonyl (C=O) groups is 1. The van der Waals surface area contributed by atoms with Crippen LogP contribution in [0.5, 0.6) is 0 Å². The first-order valence-corrected chi connectivity index (χ1v) is 6.65. The number of piperidine rings is 1. The average molecular weight is 369 g/mol. The zero-order valence-corrected chi connectivity index (χ0v) is 11.6. The van der Waals surface area contributed by atoms with Crippen LogP contribution >= 0.6 is 22.6 Å². The van der Waals surface area contributed by atoms with E-state index in [0.29, 0.717) is 6.07 Å². The standard InChI is InChI=1S/C12H11F3INO/c13-7-1-3-17(4-2-7)12(18)8-5-11(16)10(15)6-9(8)14/h5-7H,1-4H2. The van der Waals surface area contributed by atoms with Crippen molar-refractivity contribution in [3.8, 4) is 0 Å². The largest absolute Gasteiger partial charge is 0.338 e.